The molecule has 4 nitrogen and oxygen atoms in total. The molecule has 0 aromatic heterocycles. The van der Waals surface area contributed by atoms with Crippen LogP contribution in [0.2, 0.25) is 0 Å². The summed E-state index contributed by atoms with van der Waals surface area (Å²) in [5.41, 5.74) is 0. The van der Waals surface area contributed by atoms with Crippen LogP contribution in [0.1, 0.15) is 85.0 Å². The Labute approximate surface area is 148 Å². The Morgan fingerprint density at radius 1 is 0.917 bits per heavy atom. The van der Waals surface area contributed by atoms with Crippen LogP contribution in [0.5, 0.6) is 0 Å². The number of nitrogens with zero attached hydrogens (tertiary/aromatic N) is 1. The van der Waals surface area contributed by atoms with E-state index >= 15 is 0 Å². The second kappa shape index (κ2) is 15.2. The van der Waals surface area contributed by atoms with Gasteiger partial charge in [-0.05, 0) is 46.0 Å². The van der Waals surface area contributed by atoms with E-state index in [0.717, 1.165) is 25.7 Å². The summed E-state index contributed by atoms with van der Waals surface area (Å²) in [4.78, 5) is 25.1. The van der Waals surface area contributed by atoms with Crippen LogP contribution >= 0.6 is 0 Å². The summed E-state index contributed by atoms with van der Waals surface area (Å²) < 4.78 is 0. The van der Waals surface area contributed by atoms with E-state index in [1.54, 1.807) is 4.90 Å². The van der Waals surface area contributed by atoms with Crippen molar-refractivity contribution < 1.29 is 14.7 Å². The largest absolute Gasteiger partial charge is 0.481 e. The van der Waals surface area contributed by atoms with Crippen molar-refractivity contribution in [3.8, 4) is 0 Å². The first kappa shape index (κ1) is 22.7. The van der Waals surface area contributed by atoms with Gasteiger partial charge in [-0.2, -0.15) is 0 Å². The molecule has 0 aliphatic rings. The maximum atomic E-state index is 12.1. The number of carboxylic acid groups (broad SMARTS) is 1. The van der Waals surface area contributed by atoms with Crippen molar-refractivity contribution in [2.75, 3.05) is 13.1 Å². The molecule has 1 atom stereocenters. The third-order valence-corrected chi connectivity index (χ3v) is 4.45. The molecule has 0 aromatic rings. The van der Waals surface area contributed by atoms with Crippen molar-refractivity contribution in [1.29, 1.82) is 0 Å². The predicted molar refractivity (Wildman–Crippen MR) is 100 cm³/mol. The summed E-state index contributed by atoms with van der Waals surface area (Å²) in [6, 6.07) is 0. The zero-order chi connectivity index (χ0) is 18.2. The van der Waals surface area contributed by atoms with E-state index in [1.807, 2.05) is 13.8 Å². The zero-order valence-electron chi connectivity index (χ0n) is 15.9. The molecule has 0 radical (unpaired) electrons. The number of aliphatic carboxylic acids is 1. The van der Waals surface area contributed by atoms with Crippen molar-refractivity contribution in [3.63, 3.8) is 0 Å². The third kappa shape index (κ3) is 11.3. The number of amides is 1. The standard InChI is InChI=1S/C20H37NO3/c1-4-7-8-9-10-11-12-13-14-15-16-18(20(23)24)17-19(22)21(5-2)6-3/h10-11,18H,4-9,12-17H2,1-3H3,(H,23,24)/b11-10+. The molecule has 140 valence electrons. The minimum absolute atomic E-state index is 0.0394. The molecule has 1 unspecified atom stereocenters. The van der Waals surface area contributed by atoms with Crippen molar-refractivity contribution in [3.05, 3.63) is 12.2 Å². The fraction of sp³-hybridized carbons (Fsp3) is 0.800. The second-order valence-electron chi connectivity index (χ2n) is 6.41. The van der Waals surface area contributed by atoms with Crippen LogP contribution in [0.15, 0.2) is 12.2 Å². The Bertz CT molecular complexity index is 362. The summed E-state index contributed by atoms with van der Waals surface area (Å²) in [5.74, 6) is -1.42. The average Bonchev–Trinajstić information content (AvgIpc) is 2.56. The maximum Gasteiger partial charge on any atom is 0.307 e. The minimum Gasteiger partial charge on any atom is -0.481 e. The number of carbonyl (C=O) groups excluding carboxylic acids is 1. The third-order valence-electron chi connectivity index (χ3n) is 4.45. The molecule has 0 rings (SSSR count). The Morgan fingerprint density at radius 2 is 1.50 bits per heavy atom. The smallest absolute Gasteiger partial charge is 0.307 e. The van der Waals surface area contributed by atoms with Gasteiger partial charge in [-0.3, -0.25) is 9.59 Å². The fourth-order valence-electron chi connectivity index (χ4n) is 2.81. The second-order valence-corrected chi connectivity index (χ2v) is 6.41. The molecule has 0 bridgehead atoms. The van der Waals surface area contributed by atoms with Gasteiger partial charge in [-0.1, -0.05) is 44.8 Å². The molecule has 0 saturated carbocycles. The van der Waals surface area contributed by atoms with E-state index < -0.39 is 11.9 Å². The molecule has 0 heterocycles. The lowest BCUT2D eigenvalue weighted by Gasteiger charge is -2.21. The number of hydrogen-bond donors (Lipinski definition) is 1. The van der Waals surface area contributed by atoms with Crippen molar-refractivity contribution in [1.82, 2.24) is 4.90 Å². The predicted octanol–water partition coefficient (Wildman–Crippen LogP) is 5.03. The lowest BCUT2D eigenvalue weighted by molar-refractivity contribution is -0.146. The summed E-state index contributed by atoms with van der Waals surface area (Å²) in [5, 5.41) is 9.31. The van der Waals surface area contributed by atoms with Gasteiger partial charge in [0.1, 0.15) is 0 Å². The van der Waals surface area contributed by atoms with Crippen LogP contribution in [0.3, 0.4) is 0 Å². The van der Waals surface area contributed by atoms with Gasteiger partial charge in [0.05, 0.1) is 5.92 Å². The Kier molecular flexibility index (Phi) is 14.4. The highest BCUT2D eigenvalue weighted by Crippen LogP contribution is 2.16. The van der Waals surface area contributed by atoms with Gasteiger partial charge >= 0.3 is 5.97 Å². The average molecular weight is 340 g/mol. The van der Waals surface area contributed by atoms with Crippen LogP contribution in [0.25, 0.3) is 0 Å². The number of unbranched alkanes of at least 4 members (excludes halogenated alkanes) is 6. The first-order chi connectivity index (χ1) is 11.6. The highest BCUT2D eigenvalue weighted by Gasteiger charge is 2.22. The summed E-state index contributed by atoms with van der Waals surface area (Å²) in [6.07, 6.45) is 14.3. The quantitative estimate of drug-likeness (QED) is 0.336. The SMILES string of the molecule is CCCCC/C=C/CCCCCC(CC(=O)N(CC)CC)C(=O)O. The summed E-state index contributed by atoms with van der Waals surface area (Å²) in [6.45, 7) is 7.35. The molecule has 0 saturated heterocycles. The Balaban J connectivity index is 3.90. The van der Waals surface area contributed by atoms with Crippen LogP contribution in [0.4, 0.5) is 0 Å². The number of carboxylic acids is 1. The zero-order valence-corrected chi connectivity index (χ0v) is 15.9. The monoisotopic (exact) mass is 339 g/mol. The van der Waals surface area contributed by atoms with E-state index in [1.165, 1.54) is 25.7 Å². The number of allylic oxidation sites excluding steroid dienone is 2. The number of carbonyl (C=O) groups is 2. The molecule has 1 amide bonds. The Morgan fingerprint density at radius 3 is 2.00 bits per heavy atom. The van der Waals surface area contributed by atoms with Gasteiger partial charge in [0, 0.05) is 19.5 Å². The molecule has 0 aromatic carbocycles. The first-order valence-electron chi connectivity index (χ1n) is 9.72. The molecule has 1 N–H and O–H groups in total. The molecule has 0 aliphatic carbocycles. The molecule has 24 heavy (non-hydrogen) atoms. The molecule has 0 spiro atoms. The van der Waals surface area contributed by atoms with Gasteiger partial charge in [0.25, 0.3) is 0 Å². The van der Waals surface area contributed by atoms with Crippen LogP contribution in [-0.2, 0) is 9.59 Å². The van der Waals surface area contributed by atoms with E-state index in [2.05, 4.69) is 19.1 Å². The first-order valence-corrected chi connectivity index (χ1v) is 9.72. The highest BCUT2D eigenvalue weighted by atomic mass is 16.4. The van der Waals surface area contributed by atoms with Gasteiger partial charge in [-0.15, -0.1) is 0 Å². The van der Waals surface area contributed by atoms with Crippen LogP contribution < -0.4 is 0 Å². The number of rotatable bonds is 15. The minimum atomic E-state index is -0.841. The van der Waals surface area contributed by atoms with Crippen LogP contribution in [0, 0.1) is 5.92 Å². The van der Waals surface area contributed by atoms with E-state index in [9.17, 15) is 14.7 Å². The lowest BCUT2D eigenvalue weighted by atomic mass is 9.96. The van der Waals surface area contributed by atoms with Crippen molar-refractivity contribution in [2.45, 2.75) is 85.0 Å². The molecular formula is C20H37NO3. The van der Waals surface area contributed by atoms with Crippen LogP contribution in [-0.4, -0.2) is 35.0 Å². The van der Waals surface area contributed by atoms with Crippen molar-refractivity contribution >= 4 is 11.9 Å². The topological polar surface area (TPSA) is 57.6 Å². The summed E-state index contributed by atoms with van der Waals surface area (Å²) in [7, 11) is 0. The van der Waals surface area contributed by atoms with Gasteiger partial charge < -0.3 is 10.0 Å². The molecular weight excluding hydrogens is 302 g/mol. The summed E-state index contributed by atoms with van der Waals surface area (Å²) >= 11 is 0. The van der Waals surface area contributed by atoms with E-state index in [4.69, 9.17) is 0 Å². The fourth-order valence-corrected chi connectivity index (χ4v) is 2.81. The van der Waals surface area contributed by atoms with E-state index in [0.29, 0.717) is 19.5 Å². The molecule has 0 fully saturated rings. The lowest BCUT2D eigenvalue weighted by Crippen LogP contribution is -2.33. The normalized spacial score (nSPS) is 12.5. The number of hydrogen-bond acceptors (Lipinski definition) is 2. The highest BCUT2D eigenvalue weighted by molar-refractivity contribution is 5.82. The maximum absolute atomic E-state index is 12.1. The van der Waals surface area contributed by atoms with Gasteiger partial charge in [0.2, 0.25) is 5.91 Å². The van der Waals surface area contributed by atoms with E-state index in [-0.39, 0.29) is 12.3 Å². The van der Waals surface area contributed by atoms with Gasteiger partial charge in [-0.25, -0.2) is 0 Å². The van der Waals surface area contributed by atoms with Gasteiger partial charge in [0.15, 0.2) is 0 Å². The molecule has 0 aliphatic heterocycles. The Hall–Kier alpha value is -1.32. The molecule has 4 heteroatoms. The van der Waals surface area contributed by atoms with Crippen molar-refractivity contribution in [2.24, 2.45) is 5.92 Å².